The highest BCUT2D eigenvalue weighted by Gasteiger charge is 2.47. The number of methoxy groups -OCH3 is 1. The molecule has 0 aliphatic carbocycles. The van der Waals surface area contributed by atoms with Crippen molar-refractivity contribution < 1.29 is 19.4 Å². The number of carbonyl (C=O) groups excluding carboxylic acids is 2. The molecule has 1 atom stereocenters. The molecule has 3 aromatic rings. The van der Waals surface area contributed by atoms with Crippen LogP contribution in [-0.2, 0) is 9.59 Å². The molecule has 0 spiro atoms. The van der Waals surface area contributed by atoms with Gasteiger partial charge in [-0.3, -0.25) is 14.5 Å². The normalized spacial score (nSPS) is 18.1. The van der Waals surface area contributed by atoms with Crippen molar-refractivity contribution in [2.24, 2.45) is 0 Å². The molecule has 1 unspecified atom stereocenters. The summed E-state index contributed by atoms with van der Waals surface area (Å²) in [6, 6.07) is 11.6. The second-order valence-corrected chi connectivity index (χ2v) is 8.51. The molecule has 1 aliphatic rings. The molecule has 1 N–H and O–H groups in total. The van der Waals surface area contributed by atoms with Gasteiger partial charge in [-0.15, -0.1) is 11.3 Å². The number of aliphatic hydroxyl groups excluding tert-OH is 1. The largest absolute Gasteiger partial charge is 0.507 e. The number of thiazole rings is 1. The van der Waals surface area contributed by atoms with Crippen molar-refractivity contribution in [3.8, 4) is 5.75 Å². The zero-order valence-corrected chi connectivity index (χ0v) is 18.5. The Labute approximate surface area is 185 Å². The highest BCUT2D eigenvalue weighted by molar-refractivity contribution is 9.10. The van der Waals surface area contributed by atoms with Crippen molar-refractivity contribution in [1.29, 1.82) is 0 Å². The number of rotatable bonds is 4. The zero-order chi connectivity index (χ0) is 21.4. The number of anilines is 1. The molecule has 8 heteroatoms. The number of ketones is 1. The van der Waals surface area contributed by atoms with Crippen LogP contribution < -0.4 is 9.64 Å². The fourth-order valence-corrected chi connectivity index (χ4v) is 4.44. The Morgan fingerprint density at radius 3 is 2.53 bits per heavy atom. The van der Waals surface area contributed by atoms with Gasteiger partial charge in [-0.1, -0.05) is 28.1 Å². The summed E-state index contributed by atoms with van der Waals surface area (Å²) in [5.41, 5.74) is 1.96. The molecule has 152 valence electrons. The maximum Gasteiger partial charge on any atom is 0.301 e. The Balaban J connectivity index is 1.92. The van der Waals surface area contributed by atoms with Crippen molar-refractivity contribution in [3.63, 3.8) is 0 Å². The fraction of sp³-hybridized carbons (Fsp3) is 0.136. The predicted molar refractivity (Wildman–Crippen MR) is 119 cm³/mol. The van der Waals surface area contributed by atoms with Crippen LogP contribution in [0.15, 0.2) is 64.1 Å². The van der Waals surface area contributed by atoms with E-state index in [-0.39, 0.29) is 11.3 Å². The first-order valence-corrected chi connectivity index (χ1v) is 10.7. The van der Waals surface area contributed by atoms with Crippen molar-refractivity contribution in [1.82, 2.24) is 4.98 Å². The van der Waals surface area contributed by atoms with Gasteiger partial charge in [-0.25, -0.2) is 4.98 Å². The quantitative estimate of drug-likeness (QED) is 0.325. The van der Waals surface area contributed by atoms with Gasteiger partial charge in [0, 0.05) is 21.6 Å². The zero-order valence-electron chi connectivity index (χ0n) is 16.1. The van der Waals surface area contributed by atoms with E-state index in [4.69, 9.17) is 4.74 Å². The van der Waals surface area contributed by atoms with E-state index in [1.165, 1.54) is 16.2 Å². The average Bonchev–Trinajstić information content (AvgIpc) is 3.35. The number of aryl methyl sites for hydroxylation is 1. The molecule has 30 heavy (non-hydrogen) atoms. The summed E-state index contributed by atoms with van der Waals surface area (Å²) < 4.78 is 6.14. The molecule has 0 bridgehead atoms. The van der Waals surface area contributed by atoms with Crippen LogP contribution in [0.5, 0.6) is 5.75 Å². The van der Waals surface area contributed by atoms with Crippen LogP contribution in [0, 0.1) is 6.92 Å². The number of amides is 1. The Hall–Kier alpha value is -2.97. The van der Waals surface area contributed by atoms with Crippen LogP contribution in [0.4, 0.5) is 5.13 Å². The van der Waals surface area contributed by atoms with Crippen LogP contribution in [0.3, 0.4) is 0 Å². The molecule has 4 rings (SSSR count). The summed E-state index contributed by atoms with van der Waals surface area (Å²) in [5.74, 6) is -1.03. The van der Waals surface area contributed by atoms with Crippen molar-refractivity contribution >= 4 is 49.8 Å². The van der Waals surface area contributed by atoms with Gasteiger partial charge in [0.1, 0.15) is 11.5 Å². The monoisotopic (exact) mass is 484 g/mol. The summed E-state index contributed by atoms with van der Waals surface area (Å²) in [5, 5.41) is 13.2. The number of aromatic nitrogens is 1. The number of hydrogen-bond acceptors (Lipinski definition) is 6. The molecule has 1 amide bonds. The Morgan fingerprint density at radius 1 is 1.20 bits per heavy atom. The highest BCUT2D eigenvalue weighted by Crippen LogP contribution is 2.43. The third-order valence-electron chi connectivity index (χ3n) is 4.92. The number of ether oxygens (including phenoxy) is 1. The van der Waals surface area contributed by atoms with E-state index in [0.717, 1.165) is 10.0 Å². The molecule has 0 radical (unpaired) electrons. The van der Waals surface area contributed by atoms with E-state index in [9.17, 15) is 14.7 Å². The maximum atomic E-state index is 13.0. The van der Waals surface area contributed by atoms with E-state index in [1.807, 2.05) is 31.2 Å². The van der Waals surface area contributed by atoms with Crippen LogP contribution in [0.2, 0.25) is 0 Å². The van der Waals surface area contributed by atoms with E-state index in [1.54, 1.807) is 36.9 Å². The first-order valence-electron chi connectivity index (χ1n) is 9.03. The average molecular weight is 485 g/mol. The molecule has 2 aromatic carbocycles. The summed E-state index contributed by atoms with van der Waals surface area (Å²) >= 11 is 4.66. The lowest BCUT2D eigenvalue weighted by Crippen LogP contribution is -2.29. The van der Waals surface area contributed by atoms with Gasteiger partial charge in [0.05, 0.1) is 18.7 Å². The standard InChI is InChI=1S/C22H17BrN2O4S/c1-12-11-14(5-8-16(12)29-2)19(26)17-18(13-3-6-15(23)7-4-13)25(21(28)20(17)27)22-24-9-10-30-22/h3-11,18,26H,1-2H3/b19-17+. The second-order valence-electron chi connectivity index (χ2n) is 6.72. The first-order chi connectivity index (χ1) is 14.4. The van der Waals surface area contributed by atoms with E-state index >= 15 is 0 Å². The molecule has 1 aliphatic heterocycles. The lowest BCUT2D eigenvalue weighted by molar-refractivity contribution is -0.132. The predicted octanol–water partition coefficient (Wildman–Crippen LogP) is 4.85. The van der Waals surface area contributed by atoms with Crippen molar-refractivity contribution in [2.75, 3.05) is 12.0 Å². The Morgan fingerprint density at radius 2 is 1.93 bits per heavy atom. The van der Waals surface area contributed by atoms with Gasteiger partial charge in [-0.2, -0.15) is 0 Å². The molecule has 0 saturated carbocycles. The Kier molecular flexibility index (Phi) is 5.44. The van der Waals surface area contributed by atoms with Crippen molar-refractivity contribution in [2.45, 2.75) is 13.0 Å². The summed E-state index contributed by atoms with van der Waals surface area (Å²) in [6.07, 6.45) is 1.57. The molecule has 2 heterocycles. The van der Waals surface area contributed by atoms with Crippen LogP contribution in [-0.4, -0.2) is 28.9 Å². The van der Waals surface area contributed by atoms with Crippen molar-refractivity contribution in [3.05, 3.63) is 80.8 Å². The second kappa shape index (κ2) is 8.04. The van der Waals surface area contributed by atoms with Gasteiger partial charge in [0.15, 0.2) is 5.13 Å². The van der Waals surface area contributed by atoms with Gasteiger partial charge >= 0.3 is 5.91 Å². The lowest BCUT2D eigenvalue weighted by Gasteiger charge is -2.23. The Bertz CT molecular complexity index is 1160. The number of carbonyl (C=O) groups is 2. The van der Waals surface area contributed by atoms with Crippen LogP contribution in [0.1, 0.15) is 22.7 Å². The first kappa shape index (κ1) is 20.3. The molecule has 1 fully saturated rings. The minimum atomic E-state index is -0.786. The number of halogens is 1. The van der Waals surface area contributed by atoms with E-state index in [2.05, 4.69) is 20.9 Å². The molecule has 6 nitrogen and oxygen atoms in total. The fourth-order valence-electron chi connectivity index (χ4n) is 3.51. The number of benzene rings is 2. The summed E-state index contributed by atoms with van der Waals surface area (Å²) in [7, 11) is 1.56. The van der Waals surface area contributed by atoms with E-state index in [0.29, 0.717) is 22.0 Å². The SMILES string of the molecule is COc1ccc(/C(O)=C2\C(=O)C(=O)N(c3nccs3)C2c2ccc(Br)cc2)cc1C. The summed E-state index contributed by atoms with van der Waals surface area (Å²) in [6.45, 7) is 1.84. The molecule has 1 saturated heterocycles. The van der Waals surface area contributed by atoms with Crippen LogP contribution in [0.25, 0.3) is 5.76 Å². The van der Waals surface area contributed by atoms with E-state index < -0.39 is 17.7 Å². The third kappa shape index (κ3) is 3.42. The van der Waals surface area contributed by atoms with Gasteiger partial charge < -0.3 is 9.84 Å². The number of nitrogens with zero attached hydrogens (tertiary/aromatic N) is 2. The van der Waals surface area contributed by atoms with Gasteiger partial charge in [0.2, 0.25) is 0 Å². The summed E-state index contributed by atoms with van der Waals surface area (Å²) in [4.78, 5) is 31.5. The molecule has 1 aromatic heterocycles. The topological polar surface area (TPSA) is 79.7 Å². The van der Waals surface area contributed by atoms with Gasteiger partial charge in [0.25, 0.3) is 5.78 Å². The third-order valence-corrected chi connectivity index (χ3v) is 6.22. The smallest absolute Gasteiger partial charge is 0.301 e. The minimum absolute atomic E-state index is 0.0297. The molecular weight excluding hydrogens is 468 g/mol. The molecular formula is C22H17BrN2O4S. The number of hydrogen-bond donors (Lipinski definition) is 1. The maximum absolute atomic E-state index is 13.0. The lowest BCUT2D eigenvalue weighted by atomic mass is 9.95. The number of Topliss-reactive ketones (excluding diaryl/α,β-unsaturated/α-hetero) is 1. The minimum Gasteiger partial charge on any atom is -0.507 e. The van der Waals surface area contributed by atoms with Crippen LogP contribution >= 0.6 is 27.3 Å². The van der Waals surface area contributed by atoms with Gasteiger partial charge in [-0.05, 0) is 48.4 Å². The number of aliphatic hydroxyl groups is 1. The highest BCUT2D eigenvalue weighted by atomic mass is 79.9.